The highest BCUT2D eigenvalue weighted by atomic mass is 19.1. The molecule has 1 N–H and O–H groups in total. The van der Waals surface area contributed by atoms with Crippen molar-refractivity contribution in [2.75, 3.05) is 6.54 Å². The van der Waals surface area contributed by atoms with E-state index in [1.807, 2.05) is 13.8 Å². The van der Waals surface area contributed by atoms with Crippen LogP contribution in [0.15, 0.2) is 24.3 Å². The second kappa shape index (κ2) is 7.40. The molecule has 0 saturated carbocycles. The van der Waals surface area contributed by atoms with Gasteiger partial charge >= 0.3 is 0 Å². The van der Waals surface area contributed by atoms with E-state index in [9.17, 15) is 9.18 Å². The third-order valence-electron chi connectivity index (χ3n) is 3.69. The molecular weight excluding hydrogens is 293 g/mol. The molecule has 0 saturated heterocycles. The van der Waals surface area contributed by atoms with Crippen LogP contribution in [-0.4, -0.2) is 22.2 Å². The smallest absolute Gasteiger partial charge is 0.255 e. The van der Waals surface area contributed by atoms with Crippen molar-refractivity contribution in [3.8, 4) is 5.69 Å². The van der Waals surface area contributed by atoms with Gasteiger partial charge in [-0.2, -0.15) is 5.10 Å². The number of carbonyl (C=O) groups is 1. The molecule has 124 valence electrons. The van der Waals surface area contributed by atoms with E-state index in [2.05, 4.69) is 24.3 Å². The summed E-state index contributed by atoms with van der Waals surface area (Å²) < 4.78 is 14.9. The zero-order chi connectivity index (χ0) is 17.0. The van der Waals surface area contributed by atoms with Gasteiger partial charge in [0.15, 0.2) is 0 Å². The van der Waals surface area contributed by atoms with E-state index in [0.717, 1.165) is 17.1 Å². The Hall–Kier alpha value is -2.17. The molecule has 1 aromatic heterocycles. The summed E-state index contributed by atoms with van der Waals surface area (Å²) in [5.41, 5.74) is 3.04. The summed E-state index contributed by atoms with van der Waals surface area (Å²) >= 11 is 0. The topological polar surface area (TPSA) is 46.9 Å². The van der Waals surface area contributed by atoms with Crippen molar-refractivity contribution >= 4 is 5.91 Å². The van der Waals surface area contributed by atoms with E-state index in [1.54, 1.807) is 16.8 Å². The Labute approximate surface area is 136 Å². The summed E-state index contributed by atoms with van der Waals surface area (Å²) in [5.74, 6) is 0.0200. The second-order valence-electron chi connectivity index (χ2n) is 5.97. The fraction of sp³-hybridized carbons (Fsp3) is 0.444. The Kier molecular flexibility index (Phi) is 5.53. The first-order valence-electron chi connectivity index (χ1n) is 8.12. The molecule has 0 aliphatic carbocycles. The van der Waals surface area contributed by atoms with Crippen LogP contribution >= 0.6 is 0 Å². The fourth-order valence-electron chi connectivity index (χ4n) is 2.52. The summed E-state index contributed by atoms with van der Waals surface area (Å²) in [6, 6.07) is 6.16. The molecule has 0 spiro atoms. The zero-order valence-corrected chi connectivity index (χ0v) is 14.2. The normalized spacial score (nSPS) is 11.0. The van der Waals surface area contributed by atoms with Crippen molar-refractivity contribution in [1.29, 1.82) is 0 Å². The summed E-state index contributed by atoms with van der Waals surface area (Å²) in [4.78, 5) is 12.6. The Morgan fingerprint density at radius 3 is 2.39 bits per heavy atom. The second-order valence-corrected chi connectivity index (χ2v) is 5.97. The lowest BCUT2D eigenvalue weighted by atomic mass is 10.1. The van der Waals surface area contributed by atoms with E-state index in [1.165, 1.54) is 12.1 Å². The van der Waals surface area contributed by atoms with Crippen LogP contribution in [0, 0.1) is 11.7 Å². The van der Waals surface area contributed by atoms with Gasteiger partial charge in [-0.1, -0.05) is 27.7 Å². The van der Waals surface area contributed by atoms with E-state index >= 15 is 0 Å². The van der Waals surface area contributed by atoms with Crippen molar-refractivity contribution in [3.05, 3.63) is 47.0 Å². The number of nitrogens with zero attached hydrogens (tertiary/aromatic N) is 2. The van der Waals surface area contributed by atoms with Gasteiger partial charge in [-0.15, -0.1) is 0 Å². The van der Waals surface area contributed by atoms with Gasteiger partial charge in [-0.05, 0) is 43.0 Å². The van der Waals surface area contributed by atoms with Gasteiger partial charge in [-0.25, -0.2) is 9.07 Å². The minimum Gasteiger partial charge on any atom is -0.352 e. The molecule has 4 nitrogen and oxygen atoms in total. The van der Waals surface area contributed by atoms with Crippen LogP contribution in [0.4, 0.5) is 4.39 Å². The predicted molar refractivity (Wildman–Crippen MR) is 89.4 cm³/mol. The lowest BCUT2D eigenvalue weighted by Gasteiger charge is -2.10. The molecule has 1 aromatic carbocycles. The number of benzene rings is 1. The number of halogens is 1. The number of amides is 1. The van der Waals surface area contributed by atoms with Crippen molar-refractivity contribution in [1.82, 2.24) is 15.1 Å². The Morgan fingerprint density at radius 2 is 1.87 bits per heavy atom. The SMILES string of the molecule is CCc1nn(-c2ccc(F)cc2)c(CC)c1C(=O)NCC(C)C. The molecule has 1 heterocycles. The van der Waals surface area contributed by atoms with E-state index in [-0.39, 0.29) is 11.7 Å². The quantitative estimate of drug-likeness (QED) is 0.886. The highest BCUT2D eigenvalue weighted by Crippen LogP contribution is 2.21. The van der Waals surface area contributed by atoms with Crippen molar-refractivity contribution in [3.63, 3.8) is 0 Å². The number of nitrogens with one attached hydrogen (secondary N) is 1. The number of hydrogen-bond donors (Lipinski definition) is 1. The maximum Gasteiger partial charge on any atom is 0.255 e. The van der Waals surface area contributed by atoms with Crippen molar-refractivity contribution in [2.24, 2.45) is 5.92 Å². The standard InChI is InChI=1S/C18H24FN3O/c1-5-15-17(18(23)20-11-12(3)4)16(6-2)22(21-15)14-9-7-13(19)8-10-14/h7-10,12H,5-6,11H2,1-4H3,(H,20,23). The fourth-order valence-corrected chi connectivity index (χ4v) is 2.52. The van der Waals surface area contributed by atoms with E-state index in [4.69, 9.17) is 0 Å². The minimum absolute atomic E-state index is 0.0826. The molecule has 0 unspecified atom stereocenters. The average Bonchev–Trinajstić information content (AvgIpc) is 2.91. The molecule has 2 aromatic rings. The molecule has 23 heavy (non-hydrogen) atoms. The third-order valence-corrected chi connectivity index (χ3v) is 3.69. The van der Waals surface area contributed by atoms with Crippen LogP contribution in [0.5, 0.6) is 0 Å². The van der Waals surface area contributed by atoms with Crippen LogP contribution in [0.2, 0.25) is 0 Å². The monoisotopic (exact) mass is 317 g/mol. The van der Waals surface area contributed by atoms with Gasteiger partial charge < -0.3 is 5.32 Å². The molecule has 0 atom stereocenters. The largest absolute Gasteiger partial charge is 0.352 e. The zero-order valence-electron chi connectivity index (χ0n) is 14.2. The van der Waals surface area contributed by atoms with Crippen molar-refractivity contribution in [2.45, 2.75) is 40.5 Å². The van der Waals surface area contributed by atoms with Gasteiger partial charge in [0.1, 0.15) is 5.82 Å². The number of carbonyl (C=O) groups excluding carboxylic acids is 1. The van der Waals surface area contributed by atoms with Crippen LogP contribution < -0.4 is 5.32 Å². The van der Waals surface area contributed by atoms with Gasteiger partial charge in [-0.3, -0.25) is 4.79 Å². The van der Waals surface area contributed by atoms with Crippen molar-refractivity contribution < 1.29 is 9.18 Å². The molecule has 2 rings (SSSR count). The number of hydrogen-bond acceptors (Lipinski definition) is 2. The molecule has 0 aliphatic heterocycles. The minimum atomic E-state index is -0.287. The van der Waals surface area contributed by atoms with E-state index < -0.39 is 0 Å². The molecule has 0 radical (unpaired) electrons. The molecule has 5 heteroatoms. The molecule has 0 bridgehead atoms. The van der Waals surface area contributed by atoms with Crippen LogP contribution in [-0.2, 0) is 12.8 Å². The highest BCUT2D eigenvalue weighted by molar-refractivity contribution is 5.96. The van der Waals surface area contributed by atoms with Crippen LogP contribution in [0.25, 0.3) is 5.69 Å². The Morgan fingerprint density at radius 1 is 1.22 bits per heavy atom. The number of aromatic nitrogens is 2. The summed E-state index contributed by atoms with van der Waals surface area (Å²) in [6.45, 7) is 8.73. The van der Waals surface area contributed by atoms with Gasteiger partial charge in [0.2, 0.25) is 0 Å². The molecule has 0 fully saturated rings. The Bertz CT molecular complexity index is 674. The first-order valence-corrected chi connectivity index (χ1v) is 8.12. The summed E-state index contributed by atoms with van der Waals surface area (Å²) in [5, 5.41) is 7.55. The highest BCUT2D eigenvalue weighted by Gasteiger charge is 2.22. The maximum atomic E-state index is 13.1. The van der Waals surface area contributed by atoms with E-state index in [0.29, 0.717) is 30.9 Å². The van der Waals surface area contributed by atoms with Gasteiger partial charge in [0.25, 0.3) is 5.91 Å². The lowest BCUT2D eigenvalue weighted by Crippen LogP contribution is -2.28. The predicted octanol–water partition coefficient (Wildman–Crippen LogP) is 3.52. The average molecular weight is 317 g/mol. The lowest BCUT2D eigenvalue weighted by molar-refractivity contribution is 0.0947. The first kappa shape index (κ1) is 17.2. The van der Waals surface area contributed by atoms with Gasteiger partial charge in [0.05, 0.1) is 22.6 Å². The number of aryl methyl sites for hydroxylation is 1. The molecule has 1 amide bonds. The third kappa shape index (κ3) is 3.78. The summed E-state index contributed by atoms with van der Waals surface area (Å²) in [6.07, 6.45) is 1.35. The number of rotatable bonds is 6. The molecule has 0 aliphatic rings. The molecular formula is C18H24FN3O. The van der Waals surface area contributed by atoms with Crippen LogP contribution in [0.1, 0.15) is 49.4 Å². The van der Waals surface area contributed by atoms with Crippen LogP contribution in [0.3, 0.4) is 0 Å². The summed E-state index contributed by atoms with van der Waals surface area (Å²) in [7, 11) is 0. The van der Waals surface area contributed by atoms with Gasteiger partial charge in [0, 0.05) is 6.54 Å². The maximum absolute atomic E-state index is 13.1. The Balaban J connectivity index is 2.46. The first-order chi connectivity index (χ1) is 11.0.